The van der Waals surface area contributed by atoms with Crippen molar-refractivity contribution in [1.29, 1.82) is 0 Å². The summed E-state index contributed by atoms with van der Waals surface area (Å²) in [6.45, 7) is 17.6. The maximum absolute atomic E-state index is 13.3. The van der Waals surface area contributed by atoms with Crippen molar-refractivity contribution in [1.82, 2.24) is 4.90 Å². The van der Waals surface area contributed by atoms with Crippen molar-refractivity contribution in [3.05, 3.63) is 39.9 Å². The zero-order valence-corrected chi connectivity index (χ0v) is 24.1. The van der Waals surface area contributed by atoms with Crippen LogP contribution in [-0.4, -0.2) is 55.4 Å². The van der Waals surface area contributed by atoms with Crippen LogP contribution in [0.4, 0.5) is 5.69 Å². The van der Waals surface area contributed by atoms with Crippen LogP contribution in [0, 0.1) is 12.8 Å². The van der Waals surface area contributed by atoms with Gasteiger partial charge in [-0.15, -0.1) is 0 Å². The van der Waals surface area contributed by atoms with Gasteiger partial charge in [-0.3, -0.25) is 0 Å². The Balaban J connectivity index is 1.91. The molecule has 0 aliphatic carbocycles. The topological polar surface area (TPSA) is 41.9 Å². The molecule has 0 spiro atoms. The number of hydrogen-bond donors (Lipinski definition) is 0. The molecule has 30 heavy (non-hydrogen) atoms. The third-order valence-corrected chi connectivity index (χ3v) is 15.6. The molecule has 0 N–H and O–H groups in total. The Kier molecular flexibility index (Phi) is 7.10. The fraction of sp³-hybridized carbons (Fsp3) is 0.565. The Labute approximate surface area is 202 Å². The first kappa shape index (κ1) is 24.2. The molecular weight excluding hydrogens is 570 g/mol. The first-order chi connectivity index (χ1) is 13.9. The van der Waals surface area contributed by atoms with Gasteiger partial charge in [0.2, 0.25) is 0 Å². The number of fused-ring (bicyclic) bond motifs is 1. The number of carbonyl (C=O) groups is 1. The molecule has 7 heteroatoms. The number of halogens is 1. The standard InChI is InChI=1S/C23H33IN2O2SeSi/c1-14-9-11-17(12-10-14)25-22-26-20(15(2)18(13-24)29-22)19(21(26)27)16(3)28-30(7,8)23(4,5)6/h9-12,16,19-20H,13H2,1-8H3/t16-,19-,20-/m1/s1. The average molecular weight is 603 g/mol. The summed E-state index contributed by atoms with van der Waals surface area (Å²) in [5.74, 6) is 0.0576. The molecule has 0 unspecified atom stereocenters. The number of allylic oxidation sites excluding steroid dienone is 1. The van der Waals surface area contributed by atoms with Crippen molar-refractivity contribution in [3.63, 3.8) is 0 Å². The minimum absolute atomic E-state index is 0.0802. The zero-order chi connectivity index (χ0) is 22.4. The Bertz CT molecular complexity index is 889. The van der Waals surface area contributed by atoms with Crippen LogP contribution in [-0.2, 0) is 9.22 Å². The van der Waals surface area contributed by atoms with Crippen LogP contribution in [0.5, 0.6) is 0 Å². The second kappa shape index (κ2) is 8.81. The number of amidine groups is 1. The van der Waals surface area contributed by atoms with Gasteiger partial charge in [0.1, 0.15) is 0 Å². The summed E-state index contributed by atoms with van der Waals surface area (Å²) in [6.07, 6.45) is -0.0868. The number of alkyl halides is 1. The molecule has 0 saturated carbocycles. The predicted molar refractivity (Wildman–Crippen MR) is 137 cm³/mol. The molecule has 164 valence electrons. The number of hydrogen-bond acceptors (Lipinski definition) is 3. The molecule has 0 aromatic heterocycles. The van der Waals surface area contributed by atoms with Crippen LogP contribution in [0.25, 0.3) is 0 Å². The van der Waals surface area contributed by atoms with Crippen molar-refractivity contribution < 1.29 is 9.22 Å². The number of rotatable bonds is 5. The van der Waals surface area contributed by atoms with Gasteiger partial charge in [0.15, 0.2) is 0 Å². The van der Waals surface area contributed by atoms with Gasteiger partial charge in [0.05, 0.1) is 0 Å². The Morgan fingerprint density at radius 3 is 2.37 bits per heavy atom. The van der Waals surface area contributed by atoms with Crippen molar-refractivity contribution in [3.8, 4) is 0 Å². The molecule has 2 aliphatic heterocycles. The van der Waals surface area contributed by atoms with Crippen LogP contribution >= 0.6 is 22.6 Å². The maximum atomic E-state index is 13.3. The number of nitrogens with zero attached hydrogens (tertiary/aromatic N) is 2. The normalized spacial score (nSPS) is 24.8. The summed E-state index contributed by atoms with van der Waals surface area (Å²) < 4.78 is 10.0. The summed E-state index contributed by atoms with van der Waals surface area (Å²) in [5.41, 5.74) is 3.49. The Morgan fingerprint density at radius 1 is 1.23 bits per heavy atom. The molecule has 4 nitrogen and oxygen atoms in total. The number of aryl methyl sites for hydroxylation is 1. The summed E-state index contributed by atoms with van der Waals surface area (Å²) >= 11 is 2.53. The summed E-state index contributed by atoms with van der Waals surface area (Å²) in [4.78, 5) is 20.2. The third-order valence-electron chi connectivity index (χ3n) is 6.62. The Hall–Kier alpha value is -0.474. The van der Waals surface area contributed by atoms with Gasteiger partial charge in [-0.25, -0.2) is 0 Å². The van der Waals surface area contributed by atoms with E-state index in [1.54, 1.807) is 0 Å². The van der Waals surface area contributed by atoms with Crippen LogP contribution < -0.4 is 0 Å². The molecule has 1 aromatic rings. The van der Waals surface area contributed by atoms with Gasteiger partial charge in [-0.05, 0) is 0 Å². The molecule has 1 fully saturated rings. The van der Waals surface area contributed by atoms with Gasteiger partial charge >= 0.3 is 203 Å². The molecule has 3 atom stereocenters. The van der Waals surface area contributed by atoms with Gasteiger partial charge in [0.25, 0.3) is 0 Å². The molecular formula is C23H33IN2O2SeSi. The number of benzene rings is 1. The predicted octanol–water partition coefficient (Wildman–Crippen LogP) is 5.65. The van der Waals surface area contributed by atoms with Crippen molar-refractivity contribution in [2.75, 3.05) is 4.43 Å². The van der Waals surface area contributed by atoms with E-state index < -0.39 is 8.32 Å². The summed E-state index contributed by atoms with van der Waals surface area (Å²) in [6, 6.07) is 8.30. The van der Waals surface area contributed by atoms with E-state index in [0.717, 1.165) is 14.8 Å². The number of β-lactam (4-membered cyclic amide) rings is 1. The second-order valence-electron chi connectivity index (χ2n) is 9.83. The number of aliphatic imine (C=N–C) groups is 1. The fourth-order valence-corrected chi connectivity index (χ4v) is 8.66. The van der Waals surface area contributed by atoms with E-state index in [1.807, 2.05) is 17.0 Å². The monoisotopic (exact) mass is 604 g/mol. The molecule has 0 bridgehead atoms. The average Bonchev–Trinajstić information content (AvgIpc) is 2.63. The third kappa shape index (κ3) is 4.51. The fourth-order valence-electron chi connectivity index (χ4n) is 3.70. The van der Waals surface area contributed by atoms with Crippen molar-refractivity contribution in [2.45, 2.75) is 71.8 Å². The first-order valence-electron chi connectivity index (χ1n) is 10.5. The molecule has 2 aliphatic rings. The number of amides is 1. The van der Waals surface area contributed by atoms with E-state index in [4.69, 9.17) is 9.42 Å². The molecule has 3 rings (SSSR count). The van der Waals surface area contributed by atoms with Crippen LogP contribution in [0.1, 0.15) is 40.2 Å². The van der Waals surface area contributed by atoms with E-state index in [-0.39, 0.29) is 44.0 Å². The Morgan fingerprint density at radius 2 is 1.83 bits per heavy atom. The molecule has 0 radical (unpaired) electrons. The summed E-state index contributed by atoms with van der Waals surface area (Å²) in [5, 5.41) is 0.125. The van der Waals surface area contributed by atoms with Gasteiger partial charge in [-0.1, -0.05) is 0 Å². The molecule has 2 heterocycles. The van der Waals surface area contributed by atoms with Gasteiger partial charge in [-0.2, -0.15) is 0 Å². The van der Waals surface area contributed by atoms with Crippen LogP contribution in [0.3, 0.4) is 0 Å². The van der Waals surface area contributed by atoms with Crippen molar-refractivity contribution in [2.24, 2.45) is 10.9 Å². The van der Waals surface area contributed by atoms with E-state index in [2.05, 4.69) is 89.4 Å². The number of carbonyl (C=O) groups excluding carboxylic acids is 1. The molecule has 1 saturated heterocycles. The van der Waals surface area contributed by atoms with E-state index in [9.17, 15) is 4.79 Å². The first-order valence-corrected chi connectivity index (χ1v) is 16.6. The second-order valence-corrected chi connectivity index (χ2v) is 17.6. The zero-order valence-electron chi connectivity index (χ0n) is 19.2. The van der Waals surface area contributed by atoms with Gasteiger partial charge < -0.3 is 0 Å². The quantitative estimate of drug-likeness (QED) is 0.189. The molecule has 1 aromatic carbocycles. The van der Waals surface area contributed by atoms with E-state index >= 15 is 0 Å². The molecule has 1 amide bonds. The minimum atomic E-state index is -1.94. The van der Waals surface area contributed by atoms with E-state index in [1.165, 1.54) is 15.6 Å². The van der Waals surface area contributed by atoms with E-state index in [0.29, 0.717) is 0 Å². The van der Waals surface area contributed by atoms with Crippen LogP contribution in [0.15, 0.2) is 39.3 Å². The van der Waals surface area contributed by atoms with Crippen molar-refractivity contribution >= 4 is 62.2 Å². The van der Waals surface area contributed by atoms with Gasteiger partial charge in [0, 0.05) is 0 Å². The SMILES string of the molecule is CC1=C(CI)[Se]C(=Nc2ccc(C)cc2)N2C(=O)[C@H]([C@@H](C)O[Si](C)(C)C(C)(C)C)[C@@H]12. The van der Waals surface area contributed by atoms with Crippen LogP contribution in [0.2, 0.25) is 18.1 Å². The summed E-state index contributed by atoms with van der Waals surface area (Å²) in [7, 11) is -1.94.